The van der Waals surface area contributed by atoms with Crippen molar-refractivity contribution >= 4 is 56.6 Å². The Labute approximate surface area is 187 Å². The minimum Gasteiger partial charge on any atom is -0.378 e. The molecule has 0 bridgehead atoms. The van der Waals surface area contributed by atoms with Crippen molar-refractivity contribution in [3.63, 3.8) is 0 Å². The summed E-state index contributed by atoms with van der Waals surface area (Å²) in [6.07, 6.45) is 0. The quantitative estimate of drug-likeness (QED) is 0.459. The number of halogens is 2. The minimum absolute atomic E-state index is 0.151. The summed E-state index contributed by atoms with van der Waals surface area (Å²) in [7, 11) is 4.01. The first kappa shape index (κ1) is 21.7. The molecule has 3 aromatic rings. The zero-order chi connectivity index (χ0) is 21.0. The smallest absolute Gasteiger partial charge is 0.234 e. The van der Waals surface area contributed by atoms with Crippen molar-refractivity contribution in [1.82, 2.24) is 14.8 Å². The van der Waals surface area contributed by atoms with E-state index in [-0.39, 0.29) is 11.7 Å². The molecule has 3 rings (SSSR count). The molecule has 0 unspecified atom stereocenters. The average molecular weight is 495 g/mol. The van der Waals surface area contributed by atoms with Crippen LogP contribution in [0.25, 0.3) is 11.4 Å². The van der Waals surface area contributed by atoms with Crippen molar-refractivity contribution in [3.05, 3.63) is 52.0 Å². The maximum Gasteiger partial charge on any atom is 0.234 e. The van der Waals surface area contributed by atoms with E-state index >= 15 is 0 Å². The van der Waals surface area contributed by atoms with Crippen LogP contribution in [0.15, 0.2) is 52.1 Å². The summed E-state index contributed by atoms with van der Waals surface area (Å²) in [5.41, 5.74) is 2.69. The highest BCUT2D eigenvalue weighted by Crippen LogP contribution is 2.27. The van der Waals surface area contributed by atoms with E-state index in [1.54, 1.807) is 12.1 Å². The Kier molecular flexibility index (Phi) is 7.21. The number of hydrogen-bond donors (Lipinski definition) is 1. The third-order valence-electron chi connectivity index (χ3n) is 4.21. The summed E-state index contributed by atoms with van der Waals surface area (Å²) in [4.78, 5) is 14.4. The monoisotopic (exact) mass is 493 g/mol. The fourth-order valence-electron chi connectivity index (χ4n) is 2.71. The summed E-state index contributed by atoms with van der Waals surface area (Å²) < 4.78 is 2.87. The lowest BCUT2D eigenvalue weighted by Gasteiger charge is -2.13. The summed E-state index contributed by atoms with van der Waals surface area (Å²) in [5.74, 6) is 0.850. The van der Waals surface area contributed by atoms with Crippen LogP contribution in [0.1, 0.15) is 6.92 Å². The Balaban J connectivity index is 1.69. The number of hydrogen-bond acceptors (Lipinski definition) is 5. The number of anilines is 2. The molecule has 1 aromatic heterocycles. The van der Waals surface area contributed by atoms with E-state index in [0.29, 0.717) is 22.4 Å². The zero-order valence-corrected chi connectivity index (χ0v) is 19.5. The zero-order valence-electron chi connectivity index (χ0n) is 16.3. The molecule has 152 valence electrons. The molecule has 2 aromatic carbocycles. The molecule has 6 nitrogen and oxygen atoms in total. The van der Waals surface area contributed by atoms with Crippen molar-refractivity contribution in [2.75, 3.05) is 30.1 Å². The van der Waals surface area contributed by atoms with E-state index in [1.165, 1.54) is 11.8 Å². The maximum atomic E-state index is 12.3. The van der Waals surface area contributed by atoms with Crippen molar-refractivity contribution in [1.29, 1.82) is 0 Å². The van der Waals surface area contributed by atoms with Crippen LogP contribution in [0, 0.1) is 0 Å². The number of carbonyl (C=O) groups is 1. The number of rotatable bonds is 7. The first-order valence-electron chi connectivity index (χ1n) is 8.97. The molecule has 0 saturated carbocycles. The van der Waals surface area contributed by atoms with Crippen LogP contribution in [-0.2, 0) is 11.3 Å². The third kappa shape index (κ3) is 5.32. The normalized spacial score (nSPS) is 10.8. The number of benzene rings is 2. The molecule has 9 heteroatoms. The first-order valence-corrected chi connectivity index (χ1v) is 11.1. The van der Waals surface area contributed by atoms with Gasteiger partial charge in [-0.1, -0.05) is 39.3 Å². The first-order chi connectivity index (χ1) is 13.9. The van der Waals surface area contributed by atoms with E-state index in [0.717, 1.165) is 21.5 Å². The molecule has 0 spiro atoms. The predicted molar refractivity (Wildman–Crippen MR) is 124 cm³/mol. The maximum absolute atomic E-state index is 12.3. The summed E-state index contributed by atoms with van der Waals surface area (Å²) in [5, 5.41) is 12.6. The summed E-state index contributed by atoms with van der Waals surface area (Å²) in [6.45, 7) is 2.74. The van der Waals surface area contributed by atoms with Gasteiger partial charge in [0.15, 0.2) is 11.0 Å². The molecule has 0 aliphatic heterocycles. The Hall–Kier alpha value is -2.03. The molecule has 0 atom stereocenters. The Morgan fingerprint density at radius 1 is 1.21 bits per heavy atom. The lowest BCUT2D eigenvalue weighted by atomic mass is 10.2. The number of carbonyl (C=O) groups excluding carboxylic acids is 1. The highest BCUT2D eigenvalue weighted by Gasteiger charge is 2.15. The molecule has 0 aliphatic rings. The van der Waals surface area contributed by atoms with Gasteiger partial charge < -0.3 is 14.8 Å². The van der Waals surface area contributed by atoms with Gasteiger partial charge in [0.1, 0.15) is 0 Å². The second-order valence-corrected chi connectivity index (χ2v) is 8.72. The number of nitrogens with one attached hydrogen (secondary N) is 1. The molecular weight excluding hydrogens is 474 g/mol. The van der Waals surface area contributed by atoms with Gasteiger partial charge in [0.2, 0.25) is 5.91 Å². The number of aromatic nitrogens is 3. The van der Waals surface area contributed by atoms with Crippen LogP contribution in [0.3, 0.4) is 0 Å². The van der Waals surface area contributed by atoms with Crippen LogP contribution < -0.4 is 10.2 Å². The fourth-order valence-corrected chi connectivity index (χ4v) is 4.23. The summed E-state index contributed by atoms with van der Waals surface area (Å²) >= 11 is 10.9. The van der Waals surface area contributed by atoms with Crippen LogP contribution in [-0.4, -0.2) is 40.5 Å². The van der Waals surface area contributed by atoms with E-state index in [1.807, 2.05) is 60.8 Å². The Bertz CT molecular complexity index is 1010. The van der Waals surface area contributed by atoms with Gasteiger partial charge in [-0.05, 0) is 49.4 Å². The van der Waals surface area contributed by atoms with Gasteiger partial charge in [-0.2, -0.15) is 0 Å². The van der Waals surface area contributed by atoms with E-state index in [2.05, 4.69) is 31.4 Å². The van der Waals surface area contributed by atoms with Crippen molar-refractivity contribution in [2.45, 2.75) is 18.6 Å². The number of nitrogens with zero attached hydrogens (tertiary/aromatic N) is 4. The van der Waals surface area contributed by atoms with Gasteiger partial charge in [-0.3, -0.25) is 4.79 Å². The van der Waals surface area contributed by atoms with E-state index in [9.17, 15) is 4.79 Å². The van der Waals surface area contributed by atoms with Crippen LogP contribution in [0.5, 0.6) is 0 Å². The van der Waals surface area contributed by atoms with Gasteiger partial charge in [0.25, 0.3) is 0 Å². The summed E-state index contributed by atoms with van der Waals surface area (Å²) in [6, 6.07) is 13.5. The lowest BCUT2D eigenvalue weighted by Crippen LogP contribution is -2.15. The van der Waals surface area contributed by atoms with Crippen LogP contribution >= 0.6 is 39.3 Å². The molecule has 0 radical (unpaired) electrons. The average Bonchev–Trinajstić information content (AvgIpc) is 3.11. The van der Waals surface area contributed by atoms with Gasteiger partial charge >= 0.3 is 0 Å². The Morgan fingerprint density at radius 2 is 1.93 bits per heavy atom. The van der Waals surface area contributed by atoms with Gasteiger partial charge in [-0.15, -0.1) is 10.2 Å². The highest BCUT2D eigenvalue weighted by atomic mass is 79.9. The van der Waals surface area contributed by atoms with Crippen LogP contribution in [0.2, 0.25) is 5.02 Å². The van der Waals surface area contributed by atoms with Gasteiger partial charge in [0.05, 0.1) is 16.5 Å². The second-order valence-electron chi connectivity index (χ2n) is 6.45. The highest BCUT2D eigenvalue weighted by molar-refractivity contribution is 9.10. The molecule has 1 amide bonds. The molecule has 1 heterocycles. The topological polar surface area (TPSA) is 63.1 Å². The predicted octanol–water partition coefficient (Wildman–Crippen LogP) is 5.18. The SMILES string of the molecule is CCn1c(SCC(=O)Nc2ccc(Br)cc2Cl)nnc1-c1ccc(N(C)C)cc1. The van der Waals surface area contributed by atoms with Crippen molar-refractivity contribution in [2.24, 2.45) is 0 Å². The second kappa shape index (κ2) is 9.65. The van der Waals surface area contributed by atoms with E-state index in [4.69, 9.17) is 11.6 Å². The molecule has 0 aliphatic carbocycles. The molecule has 29 heavy (non-hydrogen) atoms. The largest absolute Gasteiger partial charge is 0.378 e. The van der Waals surface area contributed by atoms with E-state index < -0.39 is 0 Å². The molecule has 0 fully saturated rings. The van der Waals surface area contributed by atoms with Gasteiger partial charge in [-0.25, -0.2) is 0 Å². The minimum atomic E-state index is -0.151. The van der Waals surface area contributed by atoms with Crippen molar-refractivity contribution < 1.29 is 4.79 Å². The molecule has 1 N–H and O–H groups in total. The molecular formula is C20H21BrClN5OS. The number of amides is 1. The van der Waals surface area contributed by atoms with Crippen molar-refractivity contribution in [3.8, 4) is 11.4 Å². The van der Waals surface area contributed by atoms with Crippen LogP contribution in [0.4, 0.5) is 11.4 Å². The fraction of sp³-hybridized carbons (Fsp3) is 0.250. The standard InChI is InChI=1S/C20H21BrClN5OS/c1-4-27-19(13-5-8-15(9-6-13)26(2)3)24-25-20(27)29-12-18(28)23-17-10-7-14(21)11-16(17)22/h5-11H,4,12H2,1-3H3,(H,23,28). The third-order valence-corrected chi connectivity index (χ3v) is 5.99. The molecule has 0 saturated heterocycles. The number of thioether (sulfide) groups is 1. The lowest BCUT2D eigenvalue weighted by molar-refractivity contribution is -0.113. The van der Waals surface area contributed by atoms with Gasteiger partial charge in [0, 0.05) is 36.4 Å². The Morgan fingerprint density at radius 3 is 2.55 bits per heavy atom.